The van der Waals surface area contributed by atoms with Gasteiger partial charge in [0, 0.05) is 19.0 Å². The fourth-order valence-corrected chi connectivity index (χ4v) is 2.89. The maximum Gasteiger partial charge on any atom is 0.315 e. The molecule has 0 aromatic heterocycles. The topological polar surface area (TPSA) is 78.4 Å². The van der Waals surface area contributed by atoms with Crippen LogP contribution in [0, 0.1) is 10.8 Å². The SMILES string of the molecule is CC(C)(CCNC(=O)NC1CCCC1(C)C)CCC(=O)O. The number of hydrogen-bond donors (Lipinski definition) is 3. The van der Waals surface area contributed by atoms with Crippen molar-refractivity contribution in [2.24, 2.45) is 10.8 Å². The van der Waals surface area contributed by atoms with Crippen LogP contribution in [0.2, 0.25) is 0 Å². The number of carboxylic acids is 1. The van der Waals surface area contributed by atoms with Crippen LogP contribution in [0.5, 0.6) is 0 Å². The number of aliphatic carboxylic acids is 1. The molecule has 1 aliphatic rings. The first-order valence-electron chi connectivity index (χ1n) is 7.89. The van der Waals surface area contributed by atoms with Gasteiger partial charge in [0.25, 0.3) is 0 Å². The van der Waals surface area contributed by atoms with E-state index in [2.05, 4.69) is 24.5 Å². The lowest BCUT2D eigenvalue weighted by Gasteiger charge is -2.28. The molecule has 122 valence electrons. The van der Waals surface area contributed by atoms with Crippen molar-refractivity contribution in [3.05, 3.63) is 0 Å². The Labute approximate surface area is 127 Å². The Balaban J connectivity index is 2.25. The summed E-state index contributed by atoms with van der Waals surface area (Å²) >= 11 is 0. The highest BCUT2D eigenvalue weighted by atomic mass is 16.4. The number of carbonyl (C=O) groups excluding carboxylic acids is 1. The Morgan fingerprint density at radius 3 is 2.48 bits per heavy atom. The monoisotopic (exact) mass is 298 g/mol. The maximum atomic E-state index is 11.9. The Bertz CT molecular complexity index is 378. The lowest BCUT2D eigenvalue weighted by molar-refractivity contribution is -0.137. The summed E-state index contributed by atoms with van der Waals surface area (Å²) in [7, 11) is 0. The molecule has 0 saturated heterocycles. The first-order valence-corrected chi connectivity index (χ1v) is 7.89. The molecule has 0 aliphatic heterocycles. The Morgan fingerprint density at radius 1 is 1.29 bits per heavy atom. The third-order valence-electron chi connectivity index (χ3n) is 4.67. The van der Waals surface area contributed by atoms with E-state index >= 15 is 0 Å². The summed E-state index contributed by atoms with van der Waals surface area (Å²) in [5.41, 5.74) is 0.108. The highest BCUT2D eigenvalue weighted by Crippen LogP contribution is 2.37. The van der Waals surface area contributed by atoms with Crippen molar-refractivity contribution in [1.29, 1.82) is 0 Å². The average Bonchev–Trinajstić information content (AvgIpc) is 2.66. The fraction of sp³-hybridized carbons (Fsp3) is 0.875. The second-order valence-electron chi connectivity index (χ2n) is 7.64. The van der Waals surface area contributed by atoms with Gasteiger partial charge in [0.1, 0.15) is 0 Å². The van der Waals surface area contributed by atoms with E-state index in [0.717, 1.165) is 19.3 Å². The van der Waals surface area contributed by atoms with E-state index in [1.807, 2.05) is 13.8 Å². The molecular formula is C16H30N2O3. The summed E-state index contributed by atoms with van der Waals surface area (Å²) in [6, 6.07) is 0.140. The fourth-order valence-electron chi connectivity index (χ4n) is 2.89. The molecule has 0 bridgehead atoms. The van der Waals surface area contributed by atoms with Gasteiger partial charge in [0.15, 0.2) is 0 Å². The molecule has 0 heterocycles. The van der Waals surface area contributed by atoms with Gasteiger partial charge in [0.2, 0.25) is 0 Å². The lowest BCUT2D eigenvalue weighted by atomic mass is 9.84. The molecule has 0 spiro atoms. The minimum Gasteiger partial charge on any atom is -0.481 e. The second kappa shape index (κ2) is 7.14. The smallest absolute Gasteiger partial charge is 0.315 e. The summed E-state index contributed by atoms with van der Waals surface area (Å²) in [6.07, 6.45) is 4.95. The van der Waals surface area contributed by atoms with Gasteiger partial charge in [-0.05, 0) is 36.5 Å². The number of carbonyl (C=O) groups is 2. The zero-order valence-corrected chi connectivity index (χ0v) is 13.8. The number of rotatable bonds is 7. The van der Waals surface area contributed by atoms with Gasteiger partial charge >= 0.3 is 12.0 Å². The largest absolute Gasteiger partial charge is 0.481 e. The minimum atomic E-state index is -0.766. The van der Waals surface area contributed by atoms with Gasteiger partial charge in [0.05, 0.1) is 0 Å². The first kappa shape index (κ1) is 17.8. The van der Waals surface area contributed by atoms with Gasteiger partial charge in [-0.2, -0.15) is 0 Å². The minimum absolute atomic E-state index is 0.0711. The molecule has 5 nitrogen and oxygen atoms in total. The molecule has 21 heavy (non-hydrogen) atoms. The Kier molecular flexibility index (Phi) is 6.05. The molecule has 1 aliphatic carbocycles. The van der Waals surface area contributed by atoms with Crippen LogP contribution >= 0.6 is 0 Å². The predicted octanol–water partition coefficient (Wildman–Crippen LogP) is 3.15. The average molecular weight is 298 g/mol. The molecule has 1 atom stereocenters. The standard InChI is InChI=1S/C16H30N2O3/c1-15(2,9-7-13(19)20)10-11-17-14(21)18-12-6-5-8-16(12,3)4/h12H,5-11H2,1-4H3,(H,19,20)(H2,17,18,21). The van der Waals surface area contributed by atoms with E-state index in [4.69, 9.17) is 5.11 Å². The number of hydrogen-bond acceptors (Lipinski definition) is 2. The van der Waals surface area contributed by atoms with Gasteiger partial charge in [-0.25, -0.2) is 4.79 Å². The first-order chi connectivity index (χ1) is 9.62. The summed E-state index contributed by atoms with van der Waals surface area (Å²) in [5, 5.41) is 14.7. The molecule has 3 N–H and O–H groups in total. The normalized spacial score (nSPS) is 21.0. The zero-order valence-electron chi connectivity index (χ0n) is 13.8. The highest BCUT2D eigenvalue weighted by molar-refractivity contribution is 5.74. The molecule has 1 fully saturated rings. The van der Waals surface area contributed by atoms with Crippen molar-refractivity contribution < 1.29 is 14.7 Å². The number of nitrogens with one attached hydrogen (secondary N) is 2. The van der Waals surface area contributed by atoms with Crippen LogP contribution < -0.4 is 10.6 Å². The van der Waals surface area contributed by atoms with Crippen molar-refractivity contribution in [3.63, 3.8) is 0 Å². The Morgan fingerprint density at radius 2 is 1.95 bits per heavy atom. The number of amides is 2. The molecule has 2 amide bonds. The van der Waals surface area contributed by atoms with E-state index in [1.54, 1.807) is 0 Å². The maximum absolute atomic E-state index is 11.9. The number of urea groups is 1. The molecule has 1 saturated carbocycles. The third kappa shape index (κ3) is 6.36. The molecule has 5 heteroatoms. The van der Waals surface area contributed by atoms with E-state index in [-0.39, 0.29) is 29.3 Å². The third-order valence-corrected chi connectivity index (χ3v) is 4.67. The summed E-state index contributed by atoms with van der Waals surface area (Å²) in [5.74, 6) is -0.766. The van der Waals surface area contributed by atoms with Crippen LogP contribution in [0.4, 0.5) is 4.79 Å². The van der Waals surface area contributed by atoms with Gasteiger partial charge in [-0.15, -0.1) is 0 Å². The van der Waals surface area contributed by atoms with Gasteiger partial charge in [-0.3, -0.25) is 4.79 Å². The van der Waals surface area contributed by atoms with Crippen LogP contribution in [0.15, 0.2) is 0 Å². The van der Waals surface area contributed by atoms with Crippen LogP contribution in [0.1, 0.15) is 66.2 Å². The lowest BCUT2D eigenvalue weighted by Crippen LogP contribution is -2.47. The van der Waals surface area contributed by atoms with Gasteiger partial charge < -0.3 is 15.7 Å². The van der Waals surface area contributed by atoms with Gasteiger partial charge in [-0.1, -0.05) is 34.1 Å². The van der Waals surface area contributed by atoms with Crippen molar-refractivity contribution in [2.75, 3.05) is 6.54 Å². The Hall–Kier alpha value is -1.26. The molecule has 0 aromatic rings. The van der Waals surface area contributed by atoms with E-state index in [0.29, 0.717) is 13.0 Å². The van der Waals surface area contributed by atoms with E-state index in [9.17, 15) is 9.59 Å². The summed E-state index contributed by atoms with van der Waals surface area (Å²) < 4.78 is 0. The predicted molar refractivity (Wildman–Crippen MR) is 83.2 cm³/mol. The number of carboxylic acid groups (broad SMARTS) is 1. The molecular weight excluding hydrogens is 268 g/mol. The molecule has 0 aromatic carbocycles. The van der Waals surface area contributed by atoms with Crippen molar-refractivity contribution in [2.45, 2.75) is 72.3 Å². The van der Waals surface area contributed by atoms with Crippen LogP contribution in [-0.4, -0.2) is 29.7 Å². The van der Waals surface area contributed by atoms with Crippen molar-refractivity contribution >= 4 is 12.0 Å². The zero-order chi connectivity index (χ0) is 16.1. The molecule has 1 unspecified atom stereocenters. The van der Waals surface area contributed by atoms with Crippen LogP contribution in [0.3, 0.4) is 0 Å². The molecule has 1 rings (SSSR count). The summed E-state index contributed by atoms with van der Waals surface area (Å²) in [4.78, 5) is 22.5. The van der Waals surface area contributed by atoms with Crippen molar-refractivity contribution in [3.8, 4) is 0 Å². The van der Waals surface area contributed by atoms with E-state index < -0.39 is 5.97 Å². The van der Waals surface area contributed by atoms with Crippen LogP contribution in [0.25, 0.3) is 0 Å². The second-order valence-corrected chi connectivity index (χ2v) is 7.64. The van der Waals surface area contributed by atoms with E-state index in [1.165, 1.54) is 6.42 Å². The quantitative estimate of drug-likeness (QED) is 0.675. The summed E-state index contributed by atoms with van der Waals surface area (Å²) in [6.45, 7) is 9.04. The molecule has 0 radical (unpaired) electrons. The highest BCUT2D eigenvalue weighted by Gasteiger charge is 2.35. The van der Waals surface area contributed by atoms with Crippen molar-refractivity contribution in [1.82, 2.24) is 10.6 Å². The van der Waals surface area contributed by atoms with Crippen LogP contribution in [-0.2, 0) is 4.79 Å².